The van der Waals surface area contributed by atoms with Gasteiger partial charge in [0.1, 0.15) is 0 Å². The van der Waals surface area contributed by atoms with Gasteiger partial charge in [-0.1, -0.05) is 5.21 Å². The van der Waals surface area contributed by atoms with Crippen LogP contribution < -0.4 is 10.6 Å². The first-order chi connectivity index (χ1) is 8.72. The molecule has 1 atom stereocenters. The van der Waals surface area contributed by atoms with E-state index in [0.29, 0.717) is 17.1 Å². The highest BCUT2D eigenvalue weighted by Gasteiger charge is 2.16. The Labute approximate surface area is 103 Å². The van der Waals surface area contributed by atoms with Gasteiger partial charge in [-0.05, 0) is 13.0 Å². The third-order valence-electron chi connectivity index (χ3n) is 2.43. The summed E-state index contributed by atoms with van der Waals surface area (Å²) in [5.74, 6) is 0.183. The number of nitrogens with one attached hydrogen (secondary N) is 3. The number of rotatable bonds is 4. The second kappa shape index (κ2) is 5.21. The van der Waals surface area contributed by atoms with E-state index < -0.39 is 0 Å². The zero-order valence-corrected chi connectivity index (χ0v) is 10.0. The molecule has 0 fully saturated rings. The number of hydrogen-bond acceptors (Lipinski definition) is 6. The van der Waals surface area contributed by atoms with E-state index in [2.05, 4.69) is 36.2 Å². The second-order valence-electron chi connectivity index (χ2n) is 3.64. The van der Waals surface area contributed by atoms with E-state index >= 15 is 0 Å². The molecule has 0 bridgehead atoms. The van der Waals surface area contributed by atoms with Crippen molar-refractivity contribution in [3.8, 4) is 0 Å². The lowest BCUT2D eigenvalue weighted by Crippen LogP contribution is -2.28. The molecule has 0 spiro atoms. The molecule has 2 heterocycles. The molecule has 2 rings (SSSR count). The molecule has 0 saturated heterocycles. The summed E-state index contributed by atoms with van der Waals surface area (Å²) in [5, 5.41) is 19.1. The van der Waals surface area contributed by atoms with Crippen molar-refractivity contribution in [3.05, 3.63) is 29.8 Å². The van der Waals surface area contributed by atoms with Crippen LogP contribution in [0.25, 0.3) is 0 Å². The van der Waals surface area contributed by atoms with Gasteiger partial charge in [0.05, 0.1) is 11.6 Å². The summed E-state index contributed by atoms with van der Waals surface area (Å²) in [6, 6.07) is 1.40. The van der Waals surface area contributed by atoms with Crippen molar-refractivity contribution in [2.75, 3.05) is 12.4 Å². The number of amides is 1. The van der Waals surface area contributed by atoms with Gasteiger partial charge in [0.25, 0.3) is 5.91 Å². The Balaban J connectivity index is 2.12. The molecular weight excluding hydrogens is 234 g/mol. The molecule has 0 aliphatic carbocycles. The fourth-order valence-electron chi connectivity index (χ4n) is 1.49. The Kier molecular flexibility index (Phi) is 3.46. The molecule has 1 amide bonds. The predicted octanol–water partition coefficient (Wildman–Crippen LogP) is 0.127. The molecule has 8 nitrogen and oxygen atoms in total. The summed E-state index contributed by atoms with van der Waals surface area (Å²) < 4.78 is 0. The maximum atomic E-state index is 12.1. The first kappa shape index (κ1) is 12.0. The number of H-pyrrole nitrogens is 1. The lowest BCUT2D eigenvalue weighted by atomic mass is 10.2. The molecule has 0 aliphatic rings. The fourth-order valence-corrected chi connectivity index (χ4v) is 1.49. The van der Waals surface area contributed by atoms with Crippen LogP contribution in [0.4, 0.5) is 5.69 Å². The topological polar surface area (TPSA) is 108 Å². The lowest BCUT2D eigenvalue weighted by Gasteiger charge is -2.12. The molecule has 18 heavy (non-hydrogen) atoms. The zero-order valence-electron chi connectivity index (χ0n) is 10.0. The maximum absolute atomic E-state index is 12.1. The number of pyridine rings is 1. The summed E-state index contributed by atoms with van der Waals surface area (Å²) in [5.41, 5.74) is 1.18. The summed E-state index contributed by atoms with van der Waals surface area (Å²) in [4.78, 5) is 16.0. The average Bonchev–Trinajstić information content (AvgIpc) is 2.92. The quantitative estimate of drug-likeness (QED) is 0.708. The van der Waals surface area contributed by atoms with E-state index in [1.165, 1.54) is 6.20 Å². The number of anilines is 1. The normalized spacial score (nSPS) is 11.9. The van der Waals surface area contributed by atoms with Crippen molar-refractivity contribution in [3.63, 3.8) is 0 Å². The first-order valence-electron chi connectivity index (χ1n) is 5.38. The second-order valence-corrected chi connectivity index (χ2v) is 3.64. The van der Waals surface area contributed by atoms with Crippen molar-refractivity contribution in [2.45, 2.75) is 13.0 Å². The standard InChI is InChI=1S/C10H13N7O/c1-6(9-14-16-17-15-9)13-10(18)7-5-12-4-3-8(7)11-2/h3-6H,1-2H3,(H,11,12)(H,13,18)(H,14,15,16,17). The zero-order chi connectivity index (χ0) is 13.0. The molecule has 8 heteroatoms. The molecule has 94 valence electrons. The molecular formula is C10H13N7O. The number of tetrazole rings is 1. The van der Waals surface area contributed by atoms with Gasteiger partial charge in [0.15, 0.2) is 5.82 Å². The summed E-state index contributed by atoms with van der Waals surface area (Å²) >= 11 is 0. The molecule has 0 aromatic carbocycles. The summed E-state index contributed by atoms with van der Waals surface area (Å²) in [6.45, 7) is 1.78. The van der Waals surface area contributed by atoms with Gasteiger partial charge in [-0.2, -0.15) is 5.21 Å². The Morgan fingerprint density at radius 1 is 1.50 bits per heavy atom. The van der Waals surface area contributed by atoms with E-state index in [0.717, 1.165) is 0 Å². The predicted molar refractivity (Wildman–Crippen MR) is 63.8 cm³/mol. The summed E-state index contributed by atoms with van der Waals surface area (Å²) in [6.07, 6.45) is 3.12. The van der Waals surface area contributed by atoms with Crippen LogP contribution in [-0.2, 0) is 0 Å². The highest BCUT2D eigenvalue weighted by atomic mass is 16.1. The van der Waals surface area contributed by atoms with Gasteiger partial charge < -0.3 is 10.6 Å². The van der Waals surface area contributed by atoms with Gasteiger partial charge in [-0.3, -0.25) is 9.78 Å². The Bertz CT molecular complexity index is 525. The van der Waals surface area contributed by atoms with Crippen LogP contribution >= 0.6 is 0 Å². The Hall–Kier alpha value is -2.51. The number of aromatic amines is 1. The molecule has 2 aromatic heterocycles. The average molecular weight is 247 g/mol. The van der Waals surface area contributed by atoms with Crippen molar-refractivity contribution >= 4 is 11.6 Å². The number of hydrogen-bond donors (Lipinski definition) is 3. The highest BCUT2D eigenvalue weighted by Crippen LogP contribution is 2.14. The third kappa shape index (κ3) is 2.42. The van der Waals surface area contributed by atoms with E-state index in [1.807, 2.05) is 0 Å². The number of carbonyl (C=O) groups excluding carboxylic acids is 1. The third-order valence-corrected chi connectivity index (χ3v) is 2.43. The molecule has 3 N–H and O–H groups in total. The van der Waals surface area contributed by atoms with Crippen molar-refractivity contribution in [1.29, 1.82) is 0 Å². The number of carbonyl (C=O) groups is 1. The Morgan fingerprint density at radius 3 is 3.00 bits per heavy atom. The monoisotopic (exact) mass is 247 g/mol. The minimum Gasteiger partial charge on any atom is -0.387 e. The van der Waals surface area contributed by atoms with E-state index in [1.54, 1.807) is 26.2 Å². The van der Waals surface area contributed by atoms with Crippen LogP contribution in [-0.4, -0.2) is 38.6 Å². The van der Waals surface area contributed by atoms with Crippen molar-refractivity contribution < 1.29 is 4.79 Å². The summed E-state index contributed by atoms with van der Waals surface area (Å²) in [7, 11) is 1.74. The van der Waals surface area contributed by atoms with E-state index in [9.17, 15) is 4.79 Å². The van der Waals surface area contributed by atoms with Crippen LogP contribution in [0, 0.1) is 0 Å². The van der Waals surface area contributed by atoms with Crippen LogP contribution in [0.15, 0.2) is 18.5 Å². The molecule has 1 unspecified atom stereocenters. The van der Waals surface area contributed by atoms with Gasteiger partial charge >= 0.3 is 0 Å². The van der Waals surface area contributed by atoms with Crippen molar-refractivity contribution in [2.24, 2.45) is 0 Å². The fraction of sp³-hybridized carbons (Fsp3) is 0.300. The lowest BCUT2D eigenvalue weighted by molar-refractivity contribution is 0.0938. The van der Waals surface area contributed by atoms with Crippen molar-refractivity contribution in [1.82, 2.24) is 30.9 Å². The molecule has 0 aliphatic heterocycles. The Morgan fingerprint density at radius 2 is 2.33 bits per heavy atom. The van der Waals surface area contributed by atoms with Gasteiger partial charge in [0.2, 0.25) is 0 Å². The minimum absolute atomic E-state index is 0.246. The van der Waals surface area contributed by atoms with Gasteiger partial charge in [-0.25, -0.2) is 0 Å². The van der Waals surface area contributed by atoms with Crippen LogP contribution in [0.1, 0.15) is 29.1 Å². The van der Waals surface area contributed by atoms with E-state index in [4.69, 9.17) is 0 Å². The minimum atomic E-state index is -0.332. The molecule has 0 saturated carbocycles. The van der Waals surface area contributed by atoms with E-state index in [-0.39, 0.29) is 11.9 Å². The SMILES string of the molecule is CNc1ccncc1C(=O)NC(C)c1nn[nH]n1. The van der Waals surface area contributed by atoms with Crippen LogP contribution in [0.2, 0.25) is 0 Å². The maximum Gasteiger partial charge on any atom is 0.255 e. The number of aromatic nitrogens is 5. The highest BCUT2D eigenvalue weighted by molar-refractivity contribution is 5.99. The molecule has 0 radical (unpaired) electrons. The smallest absolute Gasteiger partial charge is 0.255 e. The number of nitrogens with zero attached hydrogens (tertiary/aromatic N) is 4. The van der Waals surface area contributed by atoms with Crippen LogP contribution in [0.3, 0.4) is 0 Å². The van der Waals surface area contributed by atoms with Gasteiger partial charge in [0, 0.05) is 25.1 Å². The largest absolute Gasteiger partial charge is 0.387 e. The van der Waals surface area contributed by atoms with Gasteiger partial charge in [-0.15, -0.1) is 10.2 Å². The first-order valence-corrected chi connectivity index (χ1v) is 5.38. The van der Waals surface area contributed by atoms with Crippen LogP contribution in [0.5, 0.6) is 0 Å². The molecule has 2 aromatic rings.